The van der Waals surface area contributed by atoms with Crippen molar-refractivity contribution in [3.05, 3.63) is 23.8 Å². The molecule has 4 heteroatoms. The zero-order chi connectivity index (χ0) is 15.5. The second-order valence-electron chi connectivity index (χ2n) is 5.76. The van der Waals surface area contributed by atoms with Crippen molar-refractivity contribution in [3.63, 3.8) is 0 Å². The highest BCUT2D eigenvalue weighted by atomic mass is 79.9. The van der Waals surface area contributed by atoms with E-state index in [1.807, 2.05) is 18.2 Å². The summed E-state index contributed by atoms with van der Waals surface area (Å²) in [5.74, 6) is 1.67. The molecule has 0 radical (unpaired) electrons. The fourth-order valence-corrected chi connectivity index (χ4v) is 2.98. The number of halogens is 1. The first-order valence-electron chi connectivity index (χ1n) is 8.42. The van der Waals surface area contributed by atoms with Crippen LogP contribution in [0.25, 0.3) is 0 Å². The molecule has 0 saturated carbocycles. The third kappa shape index (κ3) is 6.57. The Morgan fingerprint density at radius 1 is 0.864 bits per heavy atom. The topological polar surface area (TPSA) is 27.7 Å². The highest BCUT2D eigenvalue weighted by Crippen LogP contribution is 2.32. The normalized spacial score (nSPS) is 12.8. The molecule has 0 aromatic heterocycles. The monoisotopic (exact) mass is 370 g/mol. The molecule has 1 heterocycles. The molecule has 124 valence electrons. The summed E-state index contributed by atoms with van der Waals surface area (Å²) in [6, 6.07) is 6.01. The molecule has 0 atom stereocenters. The van der Waals surface area contributed by atoms with Gasteiger partial charge >= 0.3 is 0 Å². The quantitative estimate of drug-likeness (QED) is 0.361. The van der Waals surface area contributed by atoms with Crippen molar-refractivity contribution in [3.8, 4) is 11.5 Å². The molecule has 0 saturated heterocycles. The first kappa shape index (κ1) is 17.6. The van der Waals surface area contributed by atoms with Gasteiger partial charge in [0.1, 0.15) is 0 Å². The van der Waals surface area contributed by atoms with Crippen LogP contribution in [0.1, 0.15) is 56.9 Å². The van der Waals surface area contributed by atoms with Crippen LogP contribution in [0, 0.1) is 0 Å². The van der Waals surface area contributed by atoms with Crippen molar-refractivity contribution in [2.75, 3.05) is 18.7 Å². The third-order valence-corrected chi connectivity index (χ3v) is 4.44. The summed E-state index contributed by atoms with van der Waals surface area (Å²) < 4.78 is 16.4. The number of ether oxygens (including phenoxy) is 3. The molecule has 0 bridgehead atoms. The van der Waals surface area contributed by atoms with Gasteiger partial charge in [-0.05, 0) is 30.5 Å². The van der Waals surface area contributed by atoms with Crippen molar-refractivity contribution >= 4 is 15.9 Å². The zero-order valence-electron chi connectivity index (χ0n) is 13.3. The molecule has 1 aromatic carbocycles. The average molecular weight is 371 g/mol. The van der Waals surface area contributed by atoms with Gasteiger partial charge in [0.25, 0.3) is 0 Å². The minimum Gasteiger partial charge on any atom is -0.454 e. The molecule has 0 unspecified atom stereocenters. The van der Waals surface area contributed by atoms with Crippen molar-refractivity contribution < 1.29 is 14.2 Å². The Hall–Kier alpha value is -0.740. The number of fused-ring (bicyclic) bond motifs is 1. The van der Waals surface area contributed by atoms with Crippen molar-refractivity contribution in [2.45, 2.75) is 58.0 Å². The number of rotatable bonds is 12. The van der Waals surface area contributed by atoms with Crippen molar-refractivity contribution in [2.24, 2.45) is 0 Å². The fourth-order valence-electron chi connectivity index (χ4n) is 2.58. The lowest BCUT2D eigenvalue weighted by Gasteiger charge is -2.06. The first-order valence-corrected chi connectivity index (χ1v) is 9.54. The van der Waals surface area contributed by atoms with E-state index in [1.54, 1.807) is 0 Å². The average Bonchev–Trinajstić information content (AvgIpc) is 3.00. The number of alkyl halides is 1. The first-order chi connectivity index (χ1) is 10.9. The maximum absolute atomic E-state index is 5.74. The van der Waals surface area contributed by atoms with Crippen LogP contribution >= 0.6 is 15.9 Å². The lowest BCUT2D eigenvalue weighted by molar-refractivity contribution is 0.116. The maximum Gasteiger partial charge on any atom is 0.231 e. The summed E-state index contributed by atoms with van der Waals surface area (Å²) in [4.78, 5) is 0. The fraction of sp³-hybridized carbons (Fsp3) is 0.667. The van der Waals surface area contributed by atoms with Crippen LogP contribution < -0.4 is 9.47 Å². The van der Waals surface area contributed by atoms with Gasteiger partial charge < -0.3 is 14.2 Å². The Kier molecular flexibility index (Phi) is 8.72. The van der Waals surface area contributed by atoms with Crippen molar-refractivity contribution in [1.29, 1.82) is 0 Å². The standard InChI is InChI=1S/C18H27BrO3/c19-11-7-5-3-1-2-4-6-8-12-20-14-16-9-10-17-18(13-16)22-15-21-17/h9-10,13H,1-8,11-12,14-15H2. The van der Waals surface area contributed by atoms with Crippen LogP contribution in [0.5, 0.6) is 11.5 Å². The molecule has 2 rings (SSSR count). The van der Waals surface area contributed by atoms with Crippen LogP contribution in [-0.2, 0) is 11.3 Å². The minimum absolute atomic E-state index is 0.329. The molecule has 0 aliphatic carbocycles. The lowest BCUT2D eigenvalue weighted by atomic mass is 10.1. The van der Waals surface area contributed by atoms with Gasteiger partial charge in [0, 0.05) is 11.9 Å². The maximum atomic E-state index is 5.74. The SMILES string of the molecule is BrCCCCCCCCCCOCc1ccc2c(c1)OCO2. The molecule has 1 aliphatic heterocycles. The van der Waals surface area contributed by atoms with E-state index in [9.17, 15) is 0 Å². The van der Waals surface area contributed by atoms with E-state index >= 15 is 0 Å². The van der Waals surface area contributed by atoms with Crippen molar-refractivity contribution in [1.82, 2.24) is 0 Å². The zero-order valence-corrected chi connectivity index (χ0v) is 14.9. The third-order valence-electron chi connectivity index (χ3n) is 3.88. The molecule has 0 fully saturated rings. The van der Waals surface area contributed by atoms with E-state index in [4.69, 9.17) is 14.2 Å². The highest BCUT2D eigenvalue weighted by Gasteiger charge is 2.12. The van der Waals surface area contributed by atoms with Gasteiger partial charge in [-0.3, -0.25) is 0 Å². The Balaban J connectivity index is 1.43. The van der Waals surface area contributed by atoms with E-state index in [2.05, 4.69) is 15.9 Å². The van der Waals surface area contributed by atoms with E-state index in [-0.39, 0.29) is 0 Å². The van der Waals surface area contributed by atoms with E-state index in [0.717, 1.165) is 35.4 Å². The molecular formula is C18H27BrO3. The second-order valence-corrected chi connectivity index (χ2v) is 6.55. The summed E-state index contributed by atoms with van der Waals surface area (Å²) in [6.45, 7) is 1.83. The van der Waals surface area contributed by atoms with Crippen LogP contribution in [0.4, 0.5) is 0 Å². The molecule has 3 nitrogen and oxygen atoms in total. The predicted molar refractivity (Wildman–Crippen MR) is 93.0 cm³/mol. The molecule has 0 spiro atoms. The smallest absolute Gasteiger partial charge is 0.231 e. The minimum atomic E-state index is 0.329. The summed E-state index contributed by atoms with van der Waals surface area (Å²) >= 11 is 3.47. The second kappa shape index (κ2) is 10.9. The molecule has 0 amide bonds. The Labute approximate surface area is 142 Å². The highest BCUT2D eigenvalue weighted by molar-refractivity contribution is 9.09. The summed E-state index contributed by atoms with van der Waals surface area (Å²) in [6.07, 6.45) is 10.6. The Morgan fingerprint density at radius 3 is 2.32 bits per heavy atom. The summed E-state index contributed by atoms with van der Waals surface area (Å²) in [7, 11) is 0. The van der Waals surface area contributed by atoms with Gasteiger partial charge in [-0.15, -0.1) is 0 Å². The molecule has 0 N–H and O–H groups in total. The lowest BCUT2D eigenvalue weighted by Crippen LogP contribution is -1.96. The van der Waals surface area contributed by atoms with Gasteiger partial charge in [0.15, 0.2) is 11.5 Å². The number of unbranched alkanes of at least 4 members (excludes halogenated alkanes) is 7. The molecule has 1 aliphatic rings. The number of hydrogen-bond acceptors (Lipinski definition) is 3. The van der Waals surface area contributed by atoms with Gasteiger partial charge in [-0.1, -0.05) is 60.5 Å². The van der Waals surface area contributed by atoms with Crippen LogP contribution in [-0.4, -0.2) is 18.7 Å². The van der Waals surface area contributed by atoms with Gasteiger partial charge in [-0.2, -0.15) is 0 Å². The van der Waals surface area contributed by atoms with E-state index < -0.39 is 0 Å². The largest absolute Gasteiger partial charge is 0.454 e. The molecular weight excluding hydrogens is 344 g/mol. The van der Waals surface area contributed by atoms with Gasteiger partial charge in [0.05, 0.1) is 6.61 Å². The van der Waals surface area contributed by atoms with E-state index in [1.165, 1.54) is 44.9 Å². The Bertz CT molecular complexity index is 423. The van der Waals surface area contributed by atoms with E-state index in [0.29, 0.717) is 13.4 Å². The van der Waals surface area contributed by atoms with Gasteiger partial charge in [0.2, 0.25) is 6.79 Å². The predicted octanol–water partition coefficient (Wildman–Crippen LogP) is 5.45. The summed E-state index contributed by atoms with van der Waals surface area (Å²) in [5.41, 5.74) is 1.15. The number of benzene rings is 1. The molecule has 1 aromatic rings. The molecule has 22 heavy (non-hydrogen) atoms. The summed E-state index contributed by atoms with van der Waals surface area (Å²) in [5, 5.41) is 1.15. The number of hydrogen-bond donors (Lipinski definition) is 0. The van der Waals surface area contributed by atoms with Gasteiger partial charge in [-0.25, -0.2) is 0 Å². The Morgan fingerprint density at radius 2 is 1.55 bits per heavy atom. The van der Waals surface area contributed by atoms with Crippen LogP contribution in [0.3, 0.4) is 0 Å². The van der Waals surface area contributed by atoms with Crippen LogP contribution in [0.15, 0.2) is 18.2 Å². The van der Waals surface area contributed by atoms with Crippen LogP contribution in [0.2, 0.25) is 0 Å².